The minimum Gasteiger partial charge on any atom is -0.370 e. The van der Waals surface area contributed by atoms with Crippen molar-refractivity contribution in [2.45, 2.75) is 6.10 Å². The molecular formula is C20H17FN2O3. The Hall–Kier alpha value is -2.99. The van der Waals surface area contributed by atoms with Crippen LogP contribution in [0.15, 0.2) is 59.4 Å². The number of aromatic nitrogens is 1. The van der Waals surface area contributed by atoms with Gasteiger partial charge in [-0.3, -0.25) is 9.59 Å². The van der Waals surface area contributed by atoms with Gasteiger partial charge in [0.25, 0.3) is 5.91 Å². The number of carbonyl (C=O) groups is 1. The molecule has 0 bridgehead atoms. The first-order valence-electron chi connectivity index (χ1n) is 8.40. The molecule has 132 valence electrons. The lowest BCUT2D eigenvalue weighted by Crippen LogP contribution is -2.42. The standard InChI is InChI=1S/C20H17FN2O3/c21-14-7-5-13(6-8-14)18-12-23(9-10-26-18)20(25)16-11-19(24)22-17-4-2-1-3-15(16)17/h1-8,11,18H,9-10,12H2,(H,22,24)/t18-/m0/s1. The number of morpholine rings is 1. The number of nitrogens with one attached hydrogen (secondary N) is 1. The monoisotopic (exact) mass is 352 g/mol. The van der Waals surface area contributed by atoms with Gasteiger partial charge < -0.3 is 14.6 Å². The first-order valence-corrected chi connectivity index (χ1v) is 8.40. The van der Waals surface area contributed by atoms with Crippen LogP contribution < -0.4 is 5.56 Å². The number of carbonyl (C=O) groups excluding carboxylic acids is 1. The Labute approximate surface area is 149 Å². The minimum absolute atomic E-state index is 0.206. The maximum Gasteiger partial charge on any atom is 0.254 e. The van der Waals surface area contributed by atoms with Gasteiger partial charge in [-0.1, -0.05) is 30.3 Å². The molecule has 2 heterocycles. The van der Waals surface area contributed by atoms with Crippen LogP contribution in [-0.2, 0) is 4.74 Å². The summed E-state index contributed by atoms with van der Waals surface area (Å²) in [7, 11) is 0. The number of aromatic amines is 1. The summed E-state index contributed by atoms with van der Waals surface area (Å²) < 4.78 is 18.9. The highest BCUT2D eigenvalue weighted by Crippen LogP contribution is 2.25. The van der Waals surface area contributed by atoms with E-state index in [0.717, 1.165) is 5.56 Å². The van der Waals surface area contributed by atoms with Gasteiger partial charge in [-0.25, -0.2) is 4.39 Å². The number of fused-ring (bicyclic) bond motifs is 1. The largest absolute Gasteiger partial charge is 0.370 e. The molecule has 5 nitrogen and oxygen atoms in total. The summed E-state index contributed by atoms with van der Waals surface area (Å²) in [6.07, 6.45) is -0.318. The van der Waals surface area contributed by atoms with Gasteiger partial charge in [0.1, 0.15) is 11.9 Å². The highest BCUT2D eigenvalue weighted by atomic mass is 19.1. The van der Waals surface area contributed by atoms with Crippen LogP contribution in [0.2, 0.25) is 0 Å². The molecule has 26 heavy (non-hydrogen) atoms. The SMILES string of the molecule is O=C(c1cc(=O)[nH]c2ccccc12)N1CCO[C@H](c2ccc(F)cc2)C1. The third-order valence-electron chi connectivity index (χ3n) is 4.58. The van der Waals surface area contributed by atoms with Crippen molar-refractivity contribution in [1.29, 1.82) is 0 Å². The predicted octanol–water partition coefficient (Wildman–Crippen LogP) is 2.88. The minimum atomic E-state index is -0.318. The van der Waals surface area contributed by atoms with Crippen LogP contribution in [0.3, 0.4) is 0 Å². The van der Waals surface area contributed by atoms with Gasteiger partial charge in [-0.05, 0) is 23.8 Å². The molecule has 1 aliphatic rings. The zero-order chi connectivity index (χ0) is 18.1. The Morgan fingerprint density at radius 1 is 1.15 bits per heavy atom. The van der Waals surface area contributed by atoms with Crippen molar-refractivity contribution in [3.8, 4) is 0 Å². The molecule has 2 aromatic carbocycles. The van der Waals surface area contributed by atoms with E-state index in [9.17, 15) is 14.0 Å². The Morgan fingerprint density at radius 2 is 1.92 bits per heavy atom. The Kier molecular flexibility index (Phi) is 4.26. The number of H-pyrrole nitrogens is 1. The van der Waals surface area contributed by atoms with Crippen molar-refractivity contribution in [2.75, 3.05) is 19.7 Å². The fraction of sp³-hybridized carbons (Fsp3) is 0.200. The summed E-state index contributed by atoms with van der Waals surface area (Å²) in [6, 6.07) is 14.7. The van der Waals surface area contributed by atoms with Crippen molar-refractivity contribution in [2.24, 2.45) is 0 Å². The van der Waals surface area contributed by atoms with E-state index < -0.39 is 0 Å². The molecular weight excluding hydrogens is 335 g/mol. The van der Waals surface area contributed by atoms with Crippen LogP contribution in [0.5, 0.6) is 0 Å². The Bertz CT molecular complexity index is 1010. The van der Waals surface area contributed by atoms with E-state index in [-0.39, 0.29) is 23.4 Å². The van der Waals surface area contributed by atoms with E-state index in [4.69, 9.17) is 4.74 Å². The fourth-order valence-electron chi connectivity index (χ4n) is 3.26. The van der Waals surface area contributed by atoms with Crippen molar-refractivity contribution >= 4 is 16.8 Å². The average molecular weight is 352 g/mol. The lowest BCUT2D eigenvalue weighted by molar-refractivity contribution is -0.0227. The van der Waals surface area contributed by atoms with Gasteiger partial charge in [0.2, 0.25) is 5.56 Å². The van der Waals surface area contributed by atoms with Crippen LogP contribution in [0.1, 0.15) is 22.0 Å². The van der Waals surface area contributed by atoms with Gasteiger partial charge in [0, 0.05) is 23.5 Å². The number of para-hydroxylation sites is 1. The number of rotatable bonds is 2. The Morgan fingerprint density at radius 3 is 2.73 bits per heavy atom. The van der Waals surface area contributed by atoms with Crippen molar-refractivity contribution in [3.05, 3.63) is 81.9 Å². The molecule has 3 aromatic rings. The molecule has 6 heteroatoms. The molecule has 1 amide bonds. The number of pyridine rings is 1. The van der Waals surface area contributed by atoms with E-state index in [2.05, 4.69) is 4.98 Å². The molecule has 4 rings (SSSR count). The summed E-state index contributed by atoms with van der Waals surface area (Å²) in [4.78, 5) is 29.4. The smallest absolute Gasteiger partial charge is 0.254 e. The normalized spacial score (nSPS) is 17.4. The van der Waals surface area contributed by atoms with Crippen molar-refractivity contribution in [1.82, 2.24) is 9.88 Å². The number of nitrogens with zero attached hydrogens (tertiary/aromatic N) is 1. The van der Waals surface area contributed by atoms with Crippen LogP contribution in [0.4, 0.5) is 4.39 Å². The molecule has 0 unspecified atom stereocenters. The molecule has 1 N–H and O–H groups in total. The van der Waals surface area contributed by atoms with Gasteiger partial charge in [0.05, 0.1) is 18.7 Å². The molecule has 1 atom stereocenters. The number of ether oxygens (including phenoxy) is 1. The lowest BCUT2D eigenvalue weighted by Gasteiger charge is -2.33. The van der Waals surface area contributed by atoms with Crippen LogP contribution in [0.25, 0.3) is 10.9 Å². The second-order valence-corrected chi connectivity index (χ2v) is 6.25. The van der Waals surface area contributed by atoms with Crippen LogP contribution in [-0.4, -0.2) is 35.5 Å². The van der Waals surface area contributed by atoms with Gasteiger partial charge >= 0.3 is 0 Å². The number of benzene rings is 2. The number of halogens is 1. The van der Waals surface area contributed by atoms with Crippen molar-refractivity contribution < 1.29 is 13.9 Å². The maximum absolute atomic E-state index is 13.1. The summed E-state index contributed by atoms with van der Waals surface area (Å²) in [5.74, 6) is -0.518. The highest BCUT2D eigenvalue weighted by molar-refractivity contribution is 6.06. The number of amides is 1. The van der Waals surface area contributed by atoms with E-state index in [1.54, 1.807) is 23.1 Å². The third-order valence-corrected chi connectivity index (χ3v) is 4.58. The molecule has 0 radical (unpaired) electrons. The van der Waals surface area contributed by atoms with Crippen LogP contribution in [0, 0.1) is 5.82 Å². The topological polar surface area (TPSA) is 62.4 Å². The summed E-state index contributed by atoms with van der Waals surface area (Å²) in [5, 5.41) is 0.710. The van der Waals surface area contributed by atoms with E-state index in [0.29, 0.717) is 36.2 Å². The lowest BCUT2D eigenvalue weighted by atomic mass is 10.1. The summed E-state index contributed by atoms with van der Waals surface area (Å²) >= 11 is 0. The second-order valence-electron chi connectivity index (χ2n) is 6.25. The van der Waals surface area contributed by atoms with Gasteiger partial charge in [0.15, 0.2) is 0 Å². The summed E-state index contributed by atoms with van der Waals surface area (Å²) in [6.45, 7) is 1.18. The molecule has 1 saturated heterocycles. The van der Waals surface area contributed by atoms with E-state index in [1.807, 2.05) is 18.2 Å². The second kappa shape index (κ2) is 6.72. The zero-order valence-corrected chi connectivity index (χ0v) is 13.9. The first-order chi connectivity index (χ1) is 12.6. The molecule has 0 aliphatic carbocycles. The quantitative estimate of drug-likeness (QED) is 0.771. The Balaban J connectivity index is 1.64. The molecule has 1 fully saturated rings. The van der Waals surface area contributed by atoms with Gasteiger partial charge in [-0.15, -0.1) is 0 Å². The average Bonchev–Trinajstić information content (AvgIpc) is 2.67. The van der Waals surface area contributed by atoms with E-state index in [1.165, 1.54) is 18.2 Å². The number of hydrogen-bond acceptors (Lipinski definition) is 3. The van der Waals surface area contributed by atoms with Crippen molar-refractivity contribution in [3.63, 3.8) is 0 Å². The predicted molar refractivity (Wildman–Crippen MR) is 95.6 cm³/mol. The zero-order valence-electron chi connectivity index (χ0n) is 13.9. The maximum atomic E-state index is 13.1. The summed E-state index contributed by atoms with van der Waals surface area (Å²) in [5.41, 5.74) is 1.52. The first kappa shape index (κ1) is 16.5. The molecule has 1 aliphatic heterocycles. The third kappa shape index (κ3) is 3.11. The highest BCUT2D eigenvalue weighted by Gasteiger charge is 2.27. The fourth-order valence-corrected chi connectivity index (χ4v) is 3.26. The van der Waals surface area contributed by atoms with Crippen LogP contribution >= 0.6 is 0 Å². The molecule has 0 spiro atoms. The molecule has 1 aromatic heterocycles. The van der Waals surface area contributed by atoms with E-state index >= 15 is 0 Å². The molecule has 0 saturated carbocycles. The van der Waals surface area contributed by atoms with Gasteiger partial charge in [-0.2, -0.15) is 0 Å². The number of hydrogen-bond donors (Lipinski definition) is 1.